The fourth-order valence-corrected chi connectivity index (χ4v) is 2.80. The summed E-state index contributed by atoms with van der Waals surface area (Å²) in [7, 11) is 0. The lowest BCUT2D eigenvalue weighted by Gasteiger charge is -2.25. The van der Waals surface area contributed by atoms with E-state index >= 15 is 0 Å². The van der Waals surface area contributed by atoms with Crippen LogP contribution in [-0.2, 0) is 0 Å². The molecule has 4 heteroatoms. The van der Waals surface area contributed by atoms with E-state index in [9.17, 15) is 4.79 Å². The Morgan fingerprint density at radius 1 is 1.32 bits per heavy atom. The van der Waals surface area contributed by atoms with Crippen molar-refractivity contribution in [2.75, 3.05) is 6.54 Å². The van der Waals surface area contributed by atoms with Crippen LogP contribution in [0.4, 0.5) is 0 Å². The van der Waals surface area contributed by atoms with Crippen LogP contribution in [0, 0.1) is 6.92 Å². The van der Waals surface area contributed by atoms with Gasteiger partial charge in [0.25, 0.3) is 5.91 Å². The predicted octanol–water partition coefficient (Wildman–Crippen LogP) is 2.67. The largest absolute Gasteiger partial charge is 0.326 e. The van der Waals surface area contributed by atoms with Crippen molar-refractivity contribution in [3.63, 3.8) is 0 Å². The molecule has 1 amide bonds. The summed E-state index contributed by atoms with van der Waals surface area (Å²) in [5, 5.41) is 7.10. The van der Waals surface area contributed by atoms with E-state index in [1.54, 1.807) is 0 Å². The number of rotatable bonds is 3. The minimum absolute atomic E-state index is 0.00222. The SMILES string of the molecule is CCCN1C(=O)c2n[nH]c(C)c2[C@H]1c1ccccc1. The summed E-state index contributed by atoms with van der Waals surface area (Å²) in [5.74, 6) is 0.0371. The van der Waals surface area contributed by atoms with Crippen LogP contribution >= 0.6 is 0 Å². The van der Waals surface area contributed by atoms with Crippen LogP contribution in [0.5, 0.6) is 0 Å². The van der Waals surface area contributed by atoms with Crippen LogP contribution in [0.2, 0.25) is 0 Å². The summed E-state index contributed by atoms with van der Waals surface area (Å²) < 4.78 is 0. The molecule has 98 valence electrons. The van der Waals surface area contributed by atoms with Gasteiger partial charge in [-0.15, -0.1) is 0 Å². The zero-order valence-corrected chi connectivity index (χ0v) is 11.2. The Balaban J connectivity index is 2.13. The first kappa shape index (κ1) is 12.0. The van der Waals surface area contributed by atoms with E-state index in [2.05, 4.69) is 29.3 Å². The second-order valence-electron chi connectivity index (χ2n) is 4.92. The molecule has 19 heavy (non-hydrogen) atoms. The van der Waals surface area contributed by atoms with Crippen molar-refractivity contribution in [2.45, 2.75) is 26.3 Å². The first-order valence-corrected chi connectivity index (χ1v) is 6.64. The van der Waals surface area contributed by atoms with Gasteiger partial charge in [0.05, 0.1) is 6.04 Å². The number of fused-ring (bicyclic) bond motifs is 1. The number of benzene rings is 1. The molecule has 0 fully saturated rings. The fourth-order valence-electron chi connectivity index (χ4n) is 2.80. The van der Waals surface area contributed by atoms with Crippen molar-refractivity contribution in [3.05, 3.63) is 52.8 Å². The van der Waals surface area contributed by atoms with Crippen LogP contribution in [-0.4, -0.2) is 27.5 Å². The van der Waals surface area contributed by atoms with Crippen LogP contribution in [0.3, 0.4) is 0 Å². The molecule has 3 rings (SSSR count). The second kappa shape index (κ2) is 4.53. The molecule has 1 aliphatic heterocycles. The summed E-state index contributed by atoms with van der Waals surface area (Å²) in [4.78, 5) is 14.4. The number of aromatic amines is 1. The van der Waals surface area contributed by atoms with Crippen LogP contribution in [0.1, 0.15) is 46.7 Å². The quantitative estimate of drug-likeness (QED) is 0.916. The first-order chi connectivity index (χ1) is 9.24. The Morgan fingerprint density at radius 3 is 2.74 bits per heavy atom. The smallest absolute Gasteiger partial charge is 0.275 e. The van der Waals surface area contributed by atoms with Gasteiger partial charge in [-0.1, -0.05) is 37.3 Å². The molecule has 1 aliphatic rings. The Hall–Kier alpha value is -2.10. The normalized spacial score (nSPS) is 17.9. The highest BCUT2D eigenvalue weighted by Gasteiger charge is 2.40. The molecule has 0 aliphatic carbocycles. The zero-order valence-electron chi connectivity index (χ0n) is 11.2. The average molecular weight is 255 g/mol. The van der Waals surface area contributed by atoms with Crippen molar-refractivity contribution < 1.29 is 4.79 Å². The van der Waals surface area contributed by atoms with Gasteiger partial charge in [0.2, 0.25) is 0 Å². The monoisotopic (exact) mass is 255 g/mol. The second-order valence-corrected chi connectivity index (χ2v) is 4.92. The third kappa shape index (κ3) is 1.75. The molecule has 2 aromatic rings. The van der Waals surface area contributed by atoms with E-state index in [4.69, 9.17) is 0 Å². The van der Waals surface area contributed by atoms with Crippen molar-refractivity contribution in [1.29, 1.82) is 0 Å². The zero-order chi connectivity index (χ0) is 13.4. The summed E-state index contributed by atoms with van der Waals surface area (Å²) in [6.45, 7) is 4.82. The molecule has 1 N–H and O–H groups in total. The number of nitrogens with one attached hydrogen (secondary N) is 1. The van der Waals surface area contributed by atoms with Gasteiger partial charge in [0.15, 0.2) is 5.69 Å². The van der Waals surface area contributed by atoms with Crippen molar-refractivity contribution >= 4 is 5.91 Å². The molecule has 0 radical (unpaired) electrons. The molecule has 1 atom stereocenters. The number of H-pyrrole nitrogens is 1. The number of aromatic nitrogens is 2. The van der Waals surface area contributed by atoms with Crippen LogP contribution in [0.15, 0.2) is 30.3 Å². The number of amides is 1. The van der Waals surface area contributed by atoms with Crippen molar-refractivity contribution in [2.24, 2.45) is 0 Å². The molecular weight excluding hydrogens is 238 g/mol. The number of aryl methyl sites for hydroxylation is 1. The van der Waals surface area contributed by atoms with Gasteiger partial charge in [0.1, 0.15) is 0 Å². The Morgan fingerprint density at radius 2 is 2.05 bits per heavy atom. The standard InChI is InChI=1S/C15H17N3O/c1-3-9-18-14(11-7-5-4-6-8-11)12-10(2)16-17-13(12)15(18)19/h4-8,14H,3,9H2,1-2H3,(H,16,17)/t14-/m1/s1. The summed E-state index contributed by atoms with van der Waals surface area (Å²) >= 11 is 0. The van der Waals surface area contributed by atoms with E-state index in [1.165, 1.54) is 0 Å². The molecule has 0 saturated heterocycles. The molecule has 0 saturated carbocycles. The van der Waals surface area contributed by atoms with Crippen molar-refractivity contribution in [1.82, 2.24) is 15.1 Å². The van der Waals surface area contributed by atoms with Crippen LogP contribution < -0.4 is 0 Å². The third-order valence-electron chi connectivity index (χ3n) is 3.62. The van der Waals surface area contributed by atoms with E-state index in [1.807, 2.05) is 30.0 Å². The molecule has 1 aromatic carbocycles. The maximum Gasteiger partial charge on any atom is 0.275 e. The Bertz CT molecular complexity index is 603. The van der Waals surface area contributed by atoms with Crippen LogP contribution in [0.25, 0.3) is 0 Å². The number of hydrogen-bond donors (Lipinski definition) is 1. The average Bonchev–Trinajstić information content (AvgIpc) is 2.93. The molecular formula is C15H17N3O. The van der Waals surface area contributed by atoms with Gasteiger partial charge in [-0.25, -0.2) is 0 Å². The molecule has 4 nitrogen and oxygen atoms in total. The first-order valence-electron chi connectivity index (χ1n) is 6.64. The minimum Gasteiger partial charge on any atom is -0.326 e. The molecule has 0 spiro atoms. The van der Waals surface area contributed by atoms with E-state index in [0.29, 0.717) is 5.69 Å². The predicted molar refractivity (Wildman–Crippen MR) is 72.9 cm³/mol. The highest BCUT2D eigenvalue weighted by Crippen LogP contribution is 2.39. The summed E-state index contributed by atoms with van der Waals surface area (Å²) in [6.07, 6.45) is 0.947. The highest BCUT2D eigenvalue weighted by atomic mass is 16.2. The topological polar surface area (TPSA) is 49.0 Å². The Kier molecular flexibility index (Phi) is 2.85. The van der Waals surface area contributed by atoms with E-state index < -0.39 is 0 Å². The maximum atomic E-state index is 12.4. The molecule has 0 bridgehead atoms. The van der Waals surface area contributed by atoms with Gasteiger partial charge in [0, 0.05) is 17.8 Å². The van der Waals surface area contributed by atoms with Gasteiger partial charge in [-0.3, -0.25) is 9.89 Å². The maximum absolute atomic E-state index is 12.4. The highest BCUT2D eigenvalue weighted by molar-refractivity contribution is 5.98. The van der Waals surface area contributed by atoms with Gasteiger partial charge < -0.3 is 4.90 Å². The minimum atomic E-state index is 0.00222. The number of hydrogen-bond acceptors (Lipinski definition) is 2. The van der Waals surface area contributed by atoms with Gasteiger partial charge in [-0.05, 0) is 18.9 Å². The lowest BCUT2D eigenvalue weighted by Crippen LogP contribution is -2.30. The number of nitrogens with zero attached hydrogens (tertiary/aromatic N) is 2. The molecule has 2 heterocycles. The third-order valence-corrected chi connectivity index (χ3v) is 3.62. The van der Waals surface area contributed by atoms with Crippen molar-refractivity contribution in [3.8, 4) is 0 Å². The molecule has 1 aromatic heterocycles. The fraction of sp³-hybridized carbons (Fsp3) is 0.333. The van der Waals surface area contributed by atoms with Gasteiger partial charge in [-0.2, -0.15) is 5.10 Å². The number of carbonyl (C=O) groups is 1. The van der Waals surface area contributed by atoms with E-state index in [-0.39, 0.29) is 11.9 Å². The molecule has 0 unspecified atom stereocenters. The van der Waals surface area contributed by atoms with E-state index in [0.717, 1.165) is 29.8 Å². The number of carbonyl (C=O) groups excluding carboxylic acids is 1. The Labute approximate surface area is 112 Å². The summed E-state index contributed by atoms with van der Waals surface area (Å²) in [6, 6.07) is 10.2. The van der Waals surface area contributed by atoms with Gasteiger partial charge >= 0.3 is 0 Å². The summed E-state index contributed by atoms with van der Waals surface area (Å²) in [5.41, 5.74) is 3.74. The lowest BCUT2D eigenvalue weighted by molar-refractivity contribution is 0.0743. The lowest BCUT2D eigenvalue weighted by atomic mass is 9.99.